The molecule has 3 heteroatoms. The van der Waals surface area contributed by atoms with Gasteiger partial charge in [0, 0.05) is 9.37 Å². The Morgan fingerprint density at radius 1 is 1.18 bits per heavy atom. The standard InChI is InChI=1S/C14H18BrNS/c1-3-9-14(11-16,10-4-2)17-13-7-5-12(15)6-8-13/h5-8H,3-4,9-10H2,1-2H3. The van der Waals surface area contributed by atoms with Crippen LogP contribution in [0, 0.1) is 11.3 Å². The summed E-state index contributed by atoms with van der Waals surface area (Å²) in [5, 5.41) is 9.47. The van der Waals surface area contributed by atoms with E-state index in [0.717, 1.165) is 30.2 Å². The maximum Gasteiger partial charge on any atom is 0.107 e. The van der Waals surface area contributed by atoms with Crippen LogP contribution in [0.25, 0.3) is 0 Å². The first-order chi connectivity index (χ1) is 8.15. The fourth-order valence-corrected chi connectivity index (χ4v) is 3.54. The van der Waals surface area contributed by atoms with Gasteiger partial charge in [-0.05, 0) is 37.1 Å². The Kier molecular flexibility index (Phi) is 6.08. The molecule has 0 amide bonds. The van der Waals surface area contributed by atoms with Crippen molar-refractivity contribution in [1.29, 1.82) is 5.26 Å². The van der Waals surface area contributed by atoms with Crippen molar-refractivity contribution in [2.45, 2.75) is 49.2 Å². The van der Waals surface area contributed by atoms with E-state index in [1.165, 1.54) is 4.90 Å². The molecule has 0 saturated heterocycles. The monoisotopic (exact) mass is 311 g/mol. The van der Waals surface area contributed by atoms with Crippen molar-refractivity contribution in [2.75, 3.05) is 0 Å². The van der Waals surface area contributed by atoms with Gasteiger partial charge in [0.1, 0.15) is 4.75 Å². The van der Waals surface area contributed by atoms with Crippen LogP contribution in [0.5, 0.6) is 0 Å². The molecule has 0 fully saturated rings. The lowest BCUT2D eigenvalue weighted by atomic mass is 9.99. The highest BCUT2D eigenvalue weighted by Crippen LogP contribution is 2.40. The van der Waals surface area contributed by atoms with E-state index in [1.807, 2.05) is 12.1 Å². The van der Waals surface area contributed by atoms with Gasteiger partial charge in [-0.15, -0.1) is 11.8 Å². The van der Waals surface area contributed by atoms with E-state index in [9.17, 15) is 5.26 Å². The van der Waals surface area contributed by atoms with Crippen LogP contribution in [0.15, 0.2) is 33.6 Å². The third kappa shape index (κ3) is 4.37. The Hall–Kier alpha value is -0.460. The second kappa shape index (κ2) is 7.08. The number of rotatable bonds is 6. The van der Waals surface area contributed by atoms with E-state index in [2.05, 4.69) is 48.0 Å². The second-order valence-electron chi connectivity index (χ2n) is 4.16. The van der Waals surface area contributed by atoms with Crippen LogP contribution in [-0.4, -0.2) is 4.75 Å². The number of benzene rings is 1. The molecule has 0 unspecified atom stereocenters. The number of hydrogen-bond acceptors (Lipinski definition) is 2. The van der Waals surface area contributed by atoms with E-state index in [-0.39, 0.29) is 4.75 Å². The average Bonchev–Trinajstić information content (AvgIpc) is 2.33. The van der Waals surface area contributed by atoms with E-state index in [1.54, 1.807) is 11.8 Å². The molecule has 92 valence electrons. The van der Waals surface area contributed by atoms with Gasteiger partial charge >= 0.3 is 0 Å². The Balaban J connectivity index is 2.85. The first-order valence-corrected chi connectivity index (χ1v) is 7.62. The summed E-state index contributed by atoms with van der Waals surface area (Å²) < 4.78 is 0.826. The van der Waals surface area contributed by atoms with Gasteiger partial charge in [-0.25, -0.2) is 0 Å². The maximum absolute atomic E-state index is 9.47. The molecule has 0 spiro atoms. The number of nitrogens with zero attached hydrogens (tertiary/aromatic N) is 1. The summed E-state index contributed by atoms with van der Waals surface area (Å²) in [6.07, 6.45) is 4.02. The minimum Gasteiger partial charge on any atom is -0.197 e. The summed E-state index contributed by atoms with van der Waals surface area (Å²) in [4.78, 5) is 1.18. The van der Waals surface area contributed by atoms with Crippen molar-refractivity contribution in [3.8, 4) is 6.07 Å². The smallest absolute Gasteiger partial charge is 0.107 e. The molecule has 17 heavy (non-hydrogen) atoms. The van der Waals surface area contributed by atoms with Gasteiger partial charge in [0.25, 0.3) is 0 Å². The summed E-state index contributed by atoms with van der Waals surface area (Å²) in [5.41, 5.74) is 0. The van der Waals surface area contributed by atoms with Crippen molar-refractivity contribution < 1.29 is 0 Å². The molecule has 0 heterocycles. The lowest BCUT2D eigenvalue weighted by Crippen LogP contribution is -2.21. The number of halogens is 1. The average molecular weight is 312 g/mol. The molecule has 0 aromatic heterocycles. The predicted molar refractivity (Wildman–Crippen MR) is 78.2 cm³/mol. The molecule has 0 radical (unpaired) electrons. The quantitative estimate of drug-likeness (QED) is 0.656. The van der Waals surface area contributed by atoms with Crippen LogP contribution in [0.3, 0.4) is 0 Å². The fraction of sp³-hybridized carbons (Fsp3) is 0.500. The van der Waals surface area contributed by atoms with Crippen LogP contribution in [0.2, 0.25) is 0 Å². The predicted octanol–water partition coefficient (Wildman–Crippen LogP) is 5.40. The SMILES string of the molecule is CCCC(C#N)(CCC)Sc1ccc(Br)cc1. The van der Waals surface area contributed by atoms with Crippen LogP contribution < -0.4 is 0 Å². The topological polar surface area (TPSA) is 23.8 Å². The number of nitriles is 1. The largest absolute Gasteiger partial charge is 0.197 e. The van der Waals surface area contributed by atoms with Crippen molar-refractivity contribution in [3.05, 3.63) is 28.7 Å². The van der Waals surface area contributed by atoms with Crippen molar-refractivity contribution in [2.24, 2.45) is 0 Å². The maximum atomic E-state index is 9.47. The molecule has 0 aliphatic carbocycles. The molecule has 0 saturated carbocycles. The van der Waals surface area contributed by atoms with Crippen molar-refractivity contribution in [1.82, 2.24) is 0 Å². The van der Waals surface area contributed by atoms with Gasteiger partial charge in [0.05, 0.1) is 6.07 Å². The molecule has 0 aliphatic rings. The van der Waals surface area contributed by atoms with Crippen molar-refractivity contribution >= 4 is 27.7 Å². The Morgan fingerprint density at radius 3 is 2.12 bits per heavy atom. The third-order valence-corrected chi connectivity index (χ3v) is 4.57. The van der Waals surface area contributed by atoms with Gasteiger partial charge in [0.2, 0.25) is 0 Å². The number of thioether (sulfide) groups is 1. The van der Waals surface area contributed by atoms with Gasteiger partial charge in [-0.3, -0.25) is 0 Å². The van der Waals surface area contributed by atoms with Gasteiger partial charge in [0.15, 0.2) is 0 Å². The lowest BCUT2D eigenvalue weighted by Gasteiger charge is -2.25. The van der Waals surface area contributed by atoms with Crippen LogP contribution in [-0.2, 0) is 0 Å². The van der Waals surface area contributed by atoms with E-state index >= 15 is 0 Å². The zero-order valence-electron chi connectivity index (χ0n) is 10.4. The molecule has 1 rings (SSSR count). The molecular formula is C14H18BrNS. The second-order valence-corrected chi connectivity index (χ2v) is 6.53. The van der Waals surface area contributed by atoms with Crippen LogP contribution >= 0.6 is 27.7 Å². The molecule has 0 bridgehead atoms. The highest BCUT2D eigenvalue weighted by molar-refractivity contribution is 9.10. The fourth-order valence-electron chi connectivity index (χ4n) is 1.90. The zero-order valence-corrected chi connectivity index (χ0v) is 12.8. The Morgan fingerprint density at radius 2 is 1.71 bits per heavy atom. The van der Waals surface area contributed by atoms with E-state index < -0.39 is 0 Å². The molecule has 1 aromatic rings. The summed E-state index contributed by atoms with van der Waals surface area (Å²) in [6, 6.07) is 10.7. The Labute approximate surface area is 117 Å². The number of hydrogen-bond donors (Lipinski definition) is 0. The molecule has 1 aromatic carbocycles. The molecule has 0 N–H and O–H groups in total. The highest BCUT2D eigenvalue weighted by Gasteiger charge is 2.29. The van der Waals surface area contributed by atoms with Gasteiger partial charge in [-0.2, -0.15) is 5.26 Å². The minimum absolute atomic E-state index is 0.253. The lowest BCUT2D eigenvalue weighted by molar-refractivity contribution is 0.584. The Bertz CT molecular complexity index is 374. The summed E-state index contributed by atoms with van der Waals surface area (Å²) in [6.45, 7) is 4.29. The van der Waals surface area contributed by atoms with Gasteiger partial charge in [-0.1, -0.05) is 42.6 Å². The minimum atomic E-state index is -0.253. The first kappa shape index (κ1) is 14.6. The highest BCUT2D eigenvalue weighted by atomic mass is 79.9. The summed E-state index contributed by atoms with van der Waals surface area (Å²) >= 11 is 5.14. The summed E-state index contributed by atoms with van der Waals surface area (Å²) in [7, 11) is 0. The van der Waals surface area contributed by atoms with E-state index in [0.29, 0.717) is 0 Å². The van der Waals surface area contributed by atoms with Crippen LogP contribution in [0.1, 0.15) is 39.5 Å². The van der Waals surface area contributed by atoms with Crippen LogP contribution in [0.4, 0.5) is 0 Å². The van der Waals surface area contributed by atoms with E-state index in [4.69, 9.17) is 0 Å². The molecule has 0 atom stereocenters. The molecule has 1 nitrogen and oxygen atoms in total. The first-order valence-electron chi connectivity index (χ1n) is 6.01. The van der Waals surface area contributed by atoms with Crippen molar-refractivity contribution in [3.63, 3.8) is 0 Å². The zero-order chi connectivity index (χ0) is 12.7. The third-order valence-electron chi connectivity index (χ3n) is 2.64. The normalized spacial score (nSPS) is 11.2. The molecular weight excluding hydrogens is 294 g/mol. The molecule has 0 aliphatic heterocycles. The van der Waals surface area contributed by atoms with Gasteiger partial charge < -0.3 is 0 Å². The summed E-state index contributed by atoms with van der Waals surface area (Å²) in [5.74, 6) is 0.